The van der Waals surface area contributed by atoms with Crippen LogP contribution in [0.1, 0.15) is 28.5 Å². The molecule has 2 aromatic carbocycles. The number of alkyl halides is 3. The van der Waals surface area contributed by atoms with Crippen molar-refractivity contribution in [2.45, 2.75) is 13.1 Å². The Bertz CT molecular complexity index is 1450. The number of nitrogens with one attached hydrogen (secondary N) is 1. The van der Waals surface area contributed by atoms with Gasteiger partial charge in [-0.25, -0.2) is 13.8 Å². The van der Waals surface area contributed by atoms with Crippen LogP contribution >= 0.6 is 0 Å². The highest BCUT2D eigenvalue weighted by Crippen LogP contribution is 2.35. The van der Waals surface area contributed by atoms with Gasteiger partial charge in [-0.2, -0.15) is 13.2 Å². The molecule has 2 aromatic heterocycles. The zero-order chi connectivity index (χ0) is 23.9. The van der Waals surface area contributed by atoms with Gasteiger partial charge in [-0.3, -0.25) is 4.79 Å². The lowest BCUT2D eigenvalue weighted by atomic mass is 10.0. The second kappa shape index (κ2) is 8.06. The first-order valence-electron chi connectivity index (χ1n) is 9.50. The predicted octanol–water partition coefficient (Wildman–Crippen LogP) is 6.23. The van der Waals surface area contributed by atoms with Gasteiger partial charge in [0, 0.05) is 29.9 Å². The Balaban J connectivity index is 1.78. The Kier molecular flexibility index (Phi) is 5.38. The molecule has 4 nitrogen and oxygen atoms in total. The first kappa shape index (κ1) is 22.0. The lowest BCUT2D eigenvalue weighted by molar-refractivity contribution is -0.137. The maximum absolute atomic E-state index is 15.3. The maximum atomic E-state index is 15.3. The van der Waals surface area contributed by atoms with Gasteiger partial charge >= 0.3 is 6.18 Å². The van der Waals surface area contributed by atoms with Crippen LogP contribution in [0.2, 0.25) is 0 Å². The summed E-state index contributed by atoms with van der Waals surface area (Å²) in [6.45, 7) is 1.35. The molecule has 2 heterocycles. The SMILES string of the molecule is C#Cc1cc(Nc2ccc(F)c(-c3ccc4c(C(C)=O)ncn4c3)c2F)cc(C(F)(F)F)c1. The molecule has 1 N–H and O–H groups in total. The highest BCUT2D eigenvalue weighted by atomic mass is 19.4. The molecule has 0 saturated carbocycles. The largest absolute Gasteiger partial charge is 0.416 e. The number of imidazole rings is 1. The lowest BCUT2D eigenvalue weighted by Crippen LogP contribution is -2.07. The number of carbonyl (C=O) groups is 1. The Morgan fingerprint density at radius 2 is 1.88 bits per heavy atom. The molecule has 0 fully saturated rings. The maximum Gasteiger partial charge on any atom is 0.416 e. The van der Waals surface area contributed by atoms with Crippen molar-refractivity contribution >= 4 is 22.7 Å². The number of aromatic nitrogens is 2. The molecule has 4 rings (SSSR count). The van der Waals surface area contributed by atoms with Gasteiger partial charge < -0.3 is 9.72 Å². The van der Waals surface area contributed by atoms with Crippen molar-refractivity contribution in [1.82, 2.24) is 9.38 Å². The van der Waals surface area contributed by atoms with E-state index in [0.29, 0.717) is 5.52 Å². The van der Waals surface area contributed by atoms with Crippen molar-refractivity contribution in [1.29, 1.82) is 0 Å². The fourth-order valence-electron chi connectivity index (χ4n) is 3.44. The number of benzene rings is 2. The number of carbonyl (C=O) groups excluding carboxylic acids is 1. The molecule has 0 amide bonds. The Morgan fingerprint density at radius 1 is 1.12 bits per heavy atom. The number of ketones is 1. The van der Waals surface area contributed by atoms with Gasteiger partial charge in [0.05, 0.1) is 22.3 Å². The molecule has 0 unspecified atom stereocenters. The quantitative estimate of drug-likeness (QED) is 0.226. The van der Waals surface area contributed by atoms with E-state index in [-0.39, 0.29) is 34.0 Å². The second-order valence-electron chi connectivity index (χ2n) is 7.21. The first-order valence-corrected chi connectivity index (χ1v) is 9.50. The number of Topliss-reactive ketones (excluding diaryl/α,β-unsaturated/α-hetero) is 1. The summed E-state index contributed by atoms with van der Waals surface area (Å²) < 4.78 is 70.9. The van der Waals surface area contributed by atoms with E-state index in [1.165, 1.54) is 42.0 Å². The molecule has 0 bridgehead atoms. The highest BCUT2D eigenvalue weighted by Gasteiger charge is 2.31. The van der Waals surface area contributed by atoms with Gasteiger partial charge in [0.15, 0.2) is 11.6 Å². The van der Waals surface area contributed by atoms with Crippen LogP contribution in [0.3, 0.4) is 0 Å². The Labute approximate surface area is 184 Å². The normalized spacial score (nSPS) is 11.4. The average Bonchev–Trinajstić information content (AvgIpc) is 3.19. The summed E-state index contributed by atoms with van der Waals surface area (Å²) >= 11 is 0. The van der Waals surface area contributed by atoms with Crippen molar-refractivity contribution in [2.24, 2.45) is 0 Å². The van der Waals surface area contributed by atoms with Gasteiger partial charge in [-0.1, -0.05) is 12.0 Å². The summed E-state index contributed by atoms with van der Waals surface area (Å²) in [4.78, 5) is 15.6. The van der Waals surface area contributed by atoms with Crippen molar-refractivity contribution in [3.63, 3.8) is 0 Å². The molecular weight excluding hydrogens is 441 g/mol. The van der Waals surface area contributed by atoms with E-state index >= 15 is 4.39 Å². The molecule has 166 valence electrons. The fourth-order valence-corrected chi connectivity index (χ4v) is 3.44. The van der Waals surface area contributed by atoms with E-state index in [0.717, 1.165) is 24.3 Å². The van der Waals surface area contributed by atoms with E-state index in [1.54, 1.807) is 0 Å². The average molecular weight is 455 g/mol. The number of fused-ring (bicyclic) bond motifs is 1. The van der Waals surface area contributed by atoms with E-state index < -0.39 is 28.9 Å². The zero-order valence-corrected chi connectivity index (χ0v) is 17.0. The number of terminal acetylenes is 1. The van der Waals surface area contributed by atoms with Crippen LogP contribution in [0.5, 0.6) is 0 Å². The molecule has 4 aromatic rings. The summed E-state index contributed by atoms with van der Waals surface area (Å²) in [5.41, 5.74) is -0.990. The monoisotopic (exact) mass is 455 g/mol. The molecule has 33 heavy (non-hydrogen) atoms. The third kappa shape index (κ3) is 4.15. The first-order chi connectivity index (χ1) is 15.6. The number of hydrogen-bond donors (Lipinski definition) is 1. The second-order valence-corrected chi connectivity index (χ2v) is 7.21. The van der Waals surface area contributed by atoms with Crippen LogP contribution in [0, 0.1) is 24.0 Å². The van der Waals surface area contributed by atoms with Crippen molar-refractivity contribution in [3.05, 3.63) is 83.4 Å². The smallest absolute Gasteiger partial charge is 0.353 e. The van der Waals surface area contributed by atoms with Crippen LogP contribution in [-0.2, 0) is 6.18 Å². The van der Waals surface area contributed by atoms with Crippen LogP contribution < -0.4 is 5.32 Å². The molecule has 0 aliphatic heterocycles. The third-order valence-electron chi connectivity index (χ3n) is 4.95. The zero-order valence-electron chi connectivity index (χ0n) is 17.0. The van der Waals surface area contributed by atoms with Crippen molar-refractivity contribution in [3.8, 4) is 23.5 Å². The van der Waals surface area contributed by atoms with E-state index in [4.69, 9.17) is 6.42 Å². The fraction of sp³-hybridized carbons (Fsp3) is 0.0833. The van der Waals surface area contributed by atoms with Gasteiger partial charge in [-0.15, -0.1) is 6.42 Å². The minimum absolute atomic E-state index is 0.0538. The van der Waals surface area contributed by atoms with E-state index in [9.17, 15) is 22.4 Å². The van der Waals surface area contributed by atoms with Gasteiger partial charge in [0.2, 0.25) is 0 Å². The van der Waals surface area contributed by atoms with Crippen LogP contribution in [0.25, 0.3) is 16.6 Å². The molecule has 0 atom stereocenters. The van der Waals surface area contributed by atoms with Gasteiger partial charge in [0.25, 0.3) is 0 Å². The Hall–Kier alpha value is -4.19. The molecule has 0 aliphatic carbocycles. The standard InChI is InChI=1S/C24H14F5N3O/c1-3-14-8-16(24(27,28)29)10-17(9-14)31-19-6-5-18(25)21(22(19)26)15-4-7-20-23(13(2)33)30-12-32(20)11-15/h1,4-12,31H,2H3. The third-order valence-corrected chi connectivity index (χ3v) is 4.95. The van der Waals surface area contributed by atoms with E-state index in [2.05, 4.69) is 16.2 Å². The molecule has 0 saturated heterocycles. The summed E-state index contributed by atoms with van der Waals surface area (Å²) in [7, 11) is 0. The van der Waals surface area contributed by atoms with E-state index in [1.807, 2.05) is 0 Å². The number of nitrogens with zero attached hydrogens (tertiary/aromatic N) is 2. The van der Waals surface area contributed by atoms with Crippen LogP contribution in [0.4, 0.5) is 33.3 Å². The molecule has 0 spiro atoms. The molecule has 9 heteroatoms. The number of rotatable bonds is 4. The van der Waals surface area contributed by atoms with Crippen LogP contribution in [0.15, 0.2) is 55.0 Å². The predicted molar refractivity (Wildman–Crippen MR) is 113 cm³/mol. The number of pyridine rings is 1. The molecule has 0 radical (unpaired) electrons. The number of halogens is 5. The van der Waals surface area contributed by atoms with Crippen LogP contribution in [-0.4, -0.2) is 15.2 Å². The summed E-state index contributed by atoms with van der Waals surface area (Å²) in [6.07, 6.45) is 3.33. The van der Waals surface area contributed by atoms with Gasteiger partial charge in [0.1, 0.15) is 17.8 Å². The van der Waals surface area contributed by atoms with Gasteiger partial charge in [-0.05, 0) is 36.4 Å². The summed E-state index contributed by atoms with van der Waals surface area (Å²) in [5, 5.41) is 2.55. The highest BCUT2D eigenvalue weighted by molar-refractivity contribution is 5.99. The minimum Gasteiger partial charge on any atom is -0.353 e. The topological polar surface area (TPSA) is 46.4 Å². The molecule has 0 aliphatic rings. The van der Waals surface area contributed by atoms with Crippen molar-refractivity contribution < 1.29 is 26.7 Å². The Morgan fingerprint density at radius 3 is 2.55 bits per heavy atom. The minimum atomic E-state index is -4.66. The summed E-state index contributed by atoms with van der Waals surface area (Å²) in [5.74, 6) is -0.0259. The number of anilines is 2. The molecular formula is C24H14F5N3O. The lowest BCUT2D eigenvalue weighted by Gasteiger charge is -2.15. The number of hydrogen-bond acceptors (Lipinski definition) is 3. The van der Waals surface area contributed by atoms with Crippen molar-refractivity contribution in [2.75, 3.05) is 5.32 Å². The summed E-state index contributed by atoms with van der Waals surface area (Å²) in [6, 6.07) is 7.83.